The molecular weight excluding hydrogens is 312 g/mol. The van der Waals surface area contributed by atoms with Crippen molar-refractivity contribution in [2.75, 3.05) is 39.0 Å². The van der Waals surface area contributed by atoms with Crippen LogP contribution >= 0.6 is 0 Å². The van der Waals surface area contributed by atoms with E-state index in [0.29, 0.717) is 35.5 Å². The molecule has 130 valence electrons. The molecule has 0 radical (unpaired) electrons. The van der Waals surface area contributed by atoms with Crippen molar-refractivity contribution in [2.45, 2.75) is 13.3 Å². The van der Waals surface area contributed by atoms with E-state index in [1.165, 1.54) is 6.08 Å². The molecule has 24 heavy (non-hydrogen) atoms. The van der Waals surface area contributed by atoms with Crippen LogP contribution in [0.25, 0.3) is 0 Å². The Hall–Kier alpha value is -2.70. The molecule has 0 unspecified atom stereocenters. The first-order valence-electron chi connectivity index (χ1n) is 7.51. The van der Waals surface area contributed by atoms with Gasteiger partial charge in [0.25, 0.3) is 0 Å². The molecule has 0 atom stereocenters. The van der Waals surface area contributed by atoms with Gasteiger partial charge in [-0.1, -0.05) is 6.07 Å². The van der Waals surface area contributed by atoms with Crippen molar-refractivity contribution >= 4 is 29.5 Å². The fraction of sp³-hybridized carbons (Fsp3) is 0.438. The second-order valence-electron chi connectivity index (χ2n) is 6.11. The summed E-state index contributed by atoms with van der Waals surface area (Å²) in [7, 11) is 3.82. The molecule has 0 saturated carbocycles. The Bertz CT molecular complexity index is 651. The number of rotatable bonds is 8. The Morgan fingerprint density at radius 1 is 1.29 bits per heavy atom. The maximum absolute atomic E-state index is 11.9. The molecule has 8 heteroatoms. The number of carboxylic acids is 1. The van der Waals surface area contributed by atoms with Gasteiger partial charge in [-0.2, -0.15) is 4.99 Å². The maximum atomic E-state index is 11.9. The van der Waals surface area contributed by atoms with Gasteiger partial charge in [0.05, 0.1) is 45.8 Å². The number of amides is 2. The van der Waals surface area contributed by atoms with Gasteiger partial charge in [-0.05, 0) is 24.6 Å². The first-order chi connectivity index (χ1) is 11.2. The molecule has 0 spiro atoms. The van der Waals surface area contributed by atoms with Crippen LogP contribution in [-0.2, 0) is 9.59 Å². The Morgan fingerprint density at radius 3 is 2.62 bits per heavy atom. The summed E-state index contributed by atoms with van der Waals surface area (Å²) in [5.41, 5.74) is 1.78. The van der Waals surface area contributed by atoms with Gasteiger partial charge in [0.1, 0.15) is 0 Å². The highest BCUT2D eigenvalue weighted by Gasteiger charge is 2.16. The molecule has 0 fully saturated rings. The number of urea groups is 1. The fourth-order valence-corrected chi connectivity index (χ4v) is 2.01. The van der Waals surface area contributed by atoms with Crippen LogP contribution in [0.1, 0.15) is 12.0 Å². The van der Waals surface area contributed by atoms with Crippen LogP contribution in [-0.4, -0.2) is 61.4 Å². The van der Waals surface area contributed by atoms with E-state index in [4.69, 9.17) is 5.11 Å². The van der Waals surface area contributed by atoms with Gasteiger partial charge < -0.3 is 20.2 Å². The van der Waals surface area contributed by atoms with Crippen molar-refractivity contribution in [1.29, 1.82) is 0 Å². The van der Waals surface area contributed by atoms with Crippen molar-refractivity contribution in [3.8, 4) is 0 Å². The smallest absolute Gasteiger partial charge is 0.319 e. The van der Waals surface area contributed by atoms with Crippen molar-refractivity contribution in [1.82, 2.24) is 5.32 Å². The number of aliphatic carboxylic acids is 1. The lowest BCUT2D eigenvalue weighted by Crippen LogP contribution is -2.47. The zero-order valence-electron chi connectivity index (χ0n) is 14.1. The van der Waals surface area contributed by atoms with E-state index in [1.54, 1.807) is 25.1 Å². The third-order valence-corrected chi connectivity index (χ3v) is 3.57. The number of hydrogen-bond acceptors (Lipinski definition) is 4. The topological polar surface area (TPSA) is 108 Å². The summed E-state index contributed by atoms with van der Waals surface area (Å²) in [5.74, 6) is -0.833. The van der Waals surface area contributed by atoms with Gasteiger partial charge in [0.2, 0.25) is 6.08 Å². The lowest BCUT2D eigenvalue weighted by molar-refractivity contribution is -0.888. The van der Waals surface area contributed by atoms with E-state index in [0.717, 1.165) is 5.56 Å². The number of aliphatic imine (C=N–C) groups is 1. The third kappa shape index (κ3) is 7.04. The van der Waals surface area contributed by atoms with Crippen LogP contribution in [0.5, 0.6) is 0 Å². The van der Waals surface area contributed by atoms with Crippen LogP contribution < -0.4 is 10.6 Å². The number of carbonyl (C=O) groups is 2. The molecule has 8 nitrogen and oxygen atoms in total. The normalized spacial score (nSPS) is 10.6. The van der Waals surface area contributed by atoms with Gasteiger partial charge >= 0.3 is 12.0 Å². The number of likely N-dealkylation sites (N-methyl/N-ethyl adjacent to an activating group) is 1. The SMILES string of the molecule is Cc1ccc(NC(=O)NCC[N+](C)(C)CCC(=O)O)cc1N=C=O. The first-order valence-corrected chi connectivity index (χ1v) is 7.51. The van der Waals surface area contributed by atoms with E-state index in [-0.39, 0.29) is 12.5 Å². The van der Waals surface area contributed by atoms with Gasteiger partial charge in [0.15, 0.2) is 0 Å². The van der Waals surface area contributed by atoms with E-state index >= 15 is 0 Å². The van der Waals surface area contributed by atoms with Crippen LogP contribution in [0.15, 0.2) is 23.2 Å². The molecule has 0 bridgehead atoms. The number of carbonyl (C=O) groups excluding carboxylic acids is 2. The highest BCUT2D eigenvalue weighted by molar-refractivity contribution is 5.89. The predicted octanol–water partition coefficient (Wildman–Crippen LogP) is 1.63. The summed E-state index contributed by atoms with van der Waals surface area (Å²) in [6.45, 7) is 3.31. The maximum Gasteiger partial charge on any atom is 0.319 e. The zero-order chi connectivity index (χ0) is 18.2. The summed E-state index contributed by atoms with van der Waals surface area (Å²) in [6, 6.07) is 4.67. The standard InChI is InChI=1S/C16H22N4O4/c1-12-4-5-13(10-14(12)18-11-21)19-16(24)17-7-9-20(2,3)8-6-15(22)23/h4-5,10H,6-9H2,1-3H3,(H2-,17,19,22,23,24)/p+1. The van der Waals surface area contributed by atoms with Gasteiger partial charge in [-0.3, -0.25) is 4.79 Å². The molecule has 1 aromatic carbocycles. The molecule has 2 amide bonds. The van der Waals surface area contributed by atoms with Crippen molar-refractivity contribution in [2.24, 2.45) is 4.99 Å². The summed E-state index contributed by atoms with van der Waals surface area (Å²) in [5, 5.41) is 14.1. The molecule has 3 N–H and O–H groups in total. The molecule has 0 aliphatic rings. The Morgan fingerprint density at radius 2 is 2.00 bits per heavy atom. The number of aryl methyl sites for hydroxylation is 1. The minimum atomic E-state index is -0.833. The van der Waals surface area contributed by atoms with Crippen LogP contribution in [0, 0.1) is 6.92 Å². The van der Waals surface area contributed by atoms with Crippen LogP contribution in [0.4, 0.5) is 16.2 Å². The van der Waals surface area contributed by atoms with Gasteiger partial charge in [0, 0.05) is 5.69 Å². The molecule has 1 aromatic rings. The Balaban J connectivity index is 2.48. The van der Waals surface area contributed by atoms with Crippen molar-refractivity contribution in [3.05, 3.63) is 23.8 Å². The third-order valence-electron chi connectivity index (χ3n) is 3.57. The number of hydrogen-bond donors (Lipinski definition) is 3. The second kappa shape index (κ2) is 8.81. The predicted molar refractivity (Wildman–Crippen MR) is 90.1 cm³/mol. The zero-order valence-corrected chi connectivity index (χ0v) is 14.1. The van der Waals surface area contributed by atoms with Crippen LogP contribution in [0.3, 0.4) is 0 Å². The van der Waals surface area contributed by atoms with E-state index in [1.807, 2.05) is 14.1 Å². The number of isocyanates is 1. The molecule has 1 rings (SSSR count). The highest BCUT2D eigenvalue weighted by Crippen LogP contribution is 2.22. The van der Waals surface area contributed by atoms with Crippen LogP contribution in [0.2, 0.25) is 0 Å². The molecule has 0 aliphatic carbocycles. The number of quaternary nitrogens is 1. The van der Waals surface area contributed by atoms with Gasteiger partial charge in [-0.15, -0.1) is 0 Å². The van der Waals surface area contributed by atoms with E-state index in [9.17, 15) is 14.4 Å². The first kappa shape index (κ1) is 19.3. The summed E-state index contributed by atoms with van der Waals surface area (Å²) >= 11 is 0. The lowest BCUT2D eigenvalue weighted by atomic mass is 10.2. The molecule has 0 aromatic heterocycles. The Kier molecular flexibility index (Phi) is 7.10. The second-order valence-corrected chi connectivity index (χ2v) is 6.11. The average molecular weight is 335 g/mol. The number of benzene rings is 1. The summed E-state index contributed by atoms with van der Waals surface area (Å²) in [6.07, 6.45) is 1.56. The fourth-order valence-electron chi connectivity index (χ4n) is 2.01. The van der Waals surface area contributed by atoms with E-state index < -0.39 is 5.97 Å². The number of carboxylic acid groups (broad SMARTS) is 1. The molecular formula is C16H23N4O4+. The quantitative estimate of drug-likeness (QED) is 0.381. The number of nitrogens with one attached hydrogen (secondary N) is 2. The summed E-state index contributed by atoms with van der Waals surface area (Å²) < 4.78 is 0.495. The average Bonchev–Trinajstić information content (AvgIpc) is 2.49. The molecule has 0 aliphatic heterocycles. The number of anilines is 1. The number of nitrogens with zero attached hydrogens (tertiary/aromatic N) is 2. The highest BCUT2D eigenvalue weighted by atomic mass is 16.4. The van der Waals surface area contributed by atoms with Gasteiger partial charge in [-0.25, -0.2) is 9.59 Å². The van der Waals surface area contributed by atoms with Crippen molar-refractivity contribution < 1.29 is 24.0 Å². The molecule has 0 heterocycles. The monoisotopic (exact) mass is 335 g/mol. The minimum Gasteiger partial charge on any atom is -0.481 e. The lowest BCUT2D eigenvalue weighted by Gasteiger charge is -2.29. The molecule has 0 saturated heterocycles. The Labute approximate surface area is 140 Å². The summed E-state index contributed by atoms with van der Waals surface area (Å²) in [4.78, 5) is 36.4. The largest absolute Gasteiger partial charge is 0.481 e. The minimum absolute atomic E-state index is 0.0859. The van der Waals surface area contributed by atoms with E-state index in [2.05, 4.69) is 15.6 Å². The van der Waals surface area contributed by atoms with Crippen molar-refractivity contribution in [3.63, 3.8) is 0 Å².